The van der Waals surface area contributed by atoms with Crippen LogP contribution in [0.15, 0.2) is 170 Å². The van der Waals surface area contributed by atoms with Gasteiger partial charge in [-0.1, -0.05) is 255 Å². The number of hydrogen-bond acceptors (Lipinski definition) is 6. The van der Waals surface area contributed by atoms with Crippen molar-refractivity contribution in [2.75, 3.05) is 13.2 Å². The second-order valence-corrected chi connectivity index (χ2v) is 19.5. The molecule has 0 spiro atoms. The van der Waals surface area contributed by atoms with Gasteiger partial charge in [-0.3, -0.25) is 14.4 Å². The molecule has 1 unspecified atom stereocenters. The van der Waals surface area contributed by atoms with Gasteiger partial charge in [0.1, 0.15) is 13.2 Å². The van der Waals surface area contributed by atoms with Crippen LogP contribution in [0.4, 0.5) is 0 Å². The highest BCUT2D eigenvalue weighted by atomic mass is 16.6. The molecule has 0 saturated heterocycles. The largest absolute Gasteiger partial charge is 0.462 e. The number of ether oxygens (including phenoxy) is 3. The summed E-state index contributed by atoms with van der Waals surface area (Å²) in [6, 6.07) is 0. The SMILES string of the molecule is CC/C=C\C/C=C\C/C=C\C/C=C\C/C=C\C/C=C\C/C=C\CCCC(=O)OCC(COC(=O)CCCCCCCCC/C=C\CCCCCCCC)OC(=O)CC/C=C\C/C=C\C/C=C\C/C=C\C/C=C\C/C=C\CC. The molecule has 0 amide bonds. The second kappa shape index (κ2) is 63.3. The average Bonchev–Trinajstić information content (AvgIpc) is 3.43. The van der Waals surface area contributed by atoms with Gasteiger partial charge in [-0.2, -0.15) is 0 Å². The number of hydrogen-bond donors (Lipinski definition) is 0. The molecular weight excluding hydrogens is 949 g/mol. The summed E-state index contributed by atoms with van der Waals surface area (Å²) in [6.07, 6.45) is 93.6. The van der Waals surface area contributed by atoms with Crippen LogP contribution in [0.1, 0.15) is 239 Å². The van der Waals surface area contributed by atoms with Crippen molar-refractivity contribution in [1.29, 1.82) is 0 Å². The van der Waals surface area contributed by atoms with Crippen LogP contribution in [-0.4, -0.2) is 37.2 Å². The van der Waals surface area contributed by atoms with Gasteiger partial charge < -0.3 is 14.2 Å². The van der Waals surface area contributed by atoms with Crippen molar-refractivity contribution < 1.29 is 28.6 Å². The monoisotopic (exact) mass is 1060 g/mol. The van der Waals surface area contributed by atoms with Crippen molar-refractivity contribution in [3.8, 4) is 0 Å². The summed E-state index contributed by atoms with van der Waals surface area (Å²) in [5.41, 5.74) is 0. The van der Waals surface area contributed by atoms with Crippen molar-refractivity contribution in [1.82, 2.24) is 0 Å². The quantitative estimate of drug-likeness (QED) is 0.0261. The van der Waals surface area contributed by atoms with Gasteiger partial charge in [-0.25, -0.2) is 0 Å². The molecule has 0 aromatic rings. The molecule has 0 heterocycles. The van der Waals surface area contributed by atoms with Gasteiger partial charge >= 0.3 is 17.9 Å². The van der Waals surface area contributed by atoms with Crippen LogP contribution >= 0.6 is 0 Å². The molecule has 0 fully saturated rings. The van der Waals surface area contributed by atoms with E-state index in [9.17, 15) is 14.4 Å². The third-order valence-corrected chi connectivity index (χ3v) is 12.2. The van der Waals surface area contributed by atoms with E-state index in [4.69, 9.17) is 14.2 Å². The Labute approximate surface area is 472 Å². The fourth-order valence-corrected chi connectivity index (χ4v) is 7.69. The zero-order valence-electron chi connectivity index (χ0n) is 49.1. The highest BCUT2D eigenvalue weighted by Crippen LogP contribution is 2.13. The van der Waals surface area contributed by atoms with Crippen LogP contribution in [0, 0.1) is 0 Å². The molecule has 0 aromatic heterocycles. The molecule has 0 aliphatic carbocycles. The molecule has 0 saturated carbocycles. The van der Waals surface area contributed by atoms with Crippen molar-refractivity contribution in [3.05, 3.63) is 170 Å². The molecule has 6 nitrogen and oxygen atoms in total. The molecule has 1 atom stereocenters. The molecule has 0 aliphatic rings. The van der Waals surface area contributed by atoms with Gasteiger partial charge in [-0.15, -0.1) is 0 Å². The Hall–Kier alpha value is -5.23. The predicted molar refractivity (Wildman–Crippen MR) is 334 cm³/mol. The Morgan fingerprint density at radius 1 is 0.273 bits per heavy atom. The van der Waals surface area contributed by atoms with E-state index in [-0.39, 0.29) is 38.0 Å². The lowest BCUT2D eigenvalue weighted by Gasteiger charge is -2.18. The highest BCUT2D eigenvalue weighted by molar-refractivity contribution is 5.71. The van der Waals surface area contributed by atoms with E-state index in [0.717, 1.165) is 109 Å². The zero-order chi connectivity index (χ0) is 55.7. The normalized spacial score (nSPS) is 13.3. The van der Waals surface area contributed by atoms with Gasteiger partial charge in [0, 0.05) is 19.3 Å². The van der Waals surface area contributed by atoms with Crippen LogP contribution in [0.5, 0.6) is 0 Å². The van der Waals surface area contributed by atoms with E-state index < -0.39 is 12.1 Å². The fraction of sp³-hybridized carbons (Fsp3) is 0.563. The molecule has 0 radical (unpaired) electrons. The van der Waals surface area contributed by atoms with Crippen molar-refractivity contribution in [2.45, 2.75) is 245 Å². The minimum absolute atomic E-state index is 0.136. The van der Waals surface area contributed by atoms with E-state index in [1.807, 2.05) is 12.2 Å². The first-order chi connectivity index (χ1) is 38.0. The lowest BCUT2D eigenvalue weighted by Crippen LogP contribution is -2.30. The maximum Gasteiger partial charge on any atom is 0.306 e. The van der Waals surface area contributed by atoms with Crippen LogP contribution in [0.2, 0.25) is 0 Å². The standard InChI is InChI=1S/C71H110O6/c1-4-7-10-13-16-19-22-25-28-31-33-34-35-36-38-40-43-46-49-52-55-58-61-64-70(73)76-67-68(66-75-69(72)63-60-57-54-51-48-45-42-39-30-27-24-21-18-15-12-9-6-3)77-71(74)65-62-59-56-53-50-47-44-41-37-32-29-26-23-20-17-14-11-8-5-2/h7-8,10-11,16-17,19-20,25-30,33-34,36-38,41,43,46-47,50,52,55-56,59,68H,4-6,9,12-15,18,21-24,31-32,35,39-40,42,44-45,48-49,51,53-54,57-58,60-67H2,1-3H3/b10-7-,11-8-,19-16-,20-17-,28-25-,29-26-,30-27-,34-33-,38-36-,41-37-,46-43-,50-47-,55-52-,59-56-. The molecule has 0 bridgehead atoms. The number of rotatable bonds is 53. The highest BCUT2D eigenvalue weighted by Gasteiger charge is 2.19. The summed E-state index contributed by atoms with van der Waals surface area (Å²) in [5.74, 6) is -1.09. The van der Waals surface area contributed by atoms with Crippen molar-refractivity contribution in [2.24, 2.45) is 0 Å². The number of carbonyl (C=O) groups is 3. The minimum atomic E-state index is -0.854. The summed E-state index contributed by atoms with van der Waals surface area (Å²) in [4.78, 5) is 38.2. The summed E-state index contributed by atoms with van der Waals surface area (Å²) in [6.45, 7) is 6.28. The Morgan fingerprint density at radius 2 is 0.545 bits per heavy atom. The zero-order valence-corrected chi connectivity index (χ0v) is 49.1. The van der Waals surface area contributed by atoms with Gasteiger partial charge in [0.05, 0.1) is 0 Å². The number of allylic oxidation sites excluding steroid dienone is 28. The van der Waals surface area contributed by atoms with Crippen LogP contribution in [-0.2, 0) is 28.6 Å². The Morgan fingerprint density at radius 3 is 0.909 bits per heavy atom. The third kappa shape index (κ3) is 61.5. The summed E-state index contributed by atoms with van der Waals surface area (Å²) < 4.78 is 16.8. The van der Waals surface area contributed by atoms with Crippen molar-refractivity contribution >= 4 is 17.9 Å². The number of carbonyl (C=O) groups excluding carboxylic acids is 3. The molecule has 430 valence electrons. The fourth-order valence-electron chi connectivity index (χ4n) is 7.69. The Balaban J connectivity index is 4.63. The molecule has 0 N–H and O–H groups in total. The first kappa shape index (κ1) is 71.8. The smallest absolute Gasteiger partial charge is 0.306 e. The Kier molecular flexibility index (Phi) is 59.0. The Bertz CT molecular complexity index is 1790. The van der Waals surface area contributed by atoms with Gasteiger partial charge in [0.2, 0.25) is 0 Å². The van der Waals surface area contributed by atoms with Gasteiger partial charge in [0.25, 0.3) is 0 Å². The molecule has 6 heteroatoms. The lowest BCUT2D eigenvalue weighted by molar-refractivity contribution is -0.166. The summed E-state index contributed by atoms with van der Waals surface area (Å²) in [7, 11) is 0. The maximum atomic E-state index is 12.9. The maximum absolute atomic E-state index is 12.9. The number of esters is 3. The van der Waals surface area contributed by atoms with Crippen LogP contribution in [0.25, 0.3) is 0 Å². The first-order valence-corrected chi connectivity index (χ1v) is 30.6. The van der Waals surface area contributed by atoms with Gasteiger partial charge in [0.15, 0.2) is 6.10 Å². The van der Waals surface area contributed by atoms with E-state index in [0.29, 0.717) is 19.3 Å². The molecular formula is C71H110O6. The molecule has 0 aromatic carbocycles. The topological polar surface area (TPSA) is 78.9 Å². The molecule has 77 heavy (non-hydrogen) atoms. The second-order valence-electron chi connectivity index (χ2n) is 19.5. The minimum Gasteiger partial charge on any atom is -0.462 e. The van der Waals surface area contributed by atoms with Crippen molar-refractivity contribution in [3.63, 3.8) is 0 Å². The van der Waals surface area contributed by atoms with E-state index >= 15 is 0 Å². The lowest BCUT2D eigenvalue weighted by atomic mass is 10.1. The first-order valence-electron chi connectivity index (χ1n) is 30.6. The van der Waals surface area contributed by atoms with E-state index in [2.05, 4.69) is 179 Å². The molecule has 0 rings (SSSR count). The molecule has 0 aliphatic heterocycles. The van der Waals surface area contributed by atoms with Crippen LogP contribution < -0.4 is 0 Å². The van der Waals surface area contributed by atoms with E-state index in [1.54, 1.807) is 0 Å². The van der Waals surface area contributed by atoms with Gasteiger partial charge in [-0.05, 0) is 135 Å². The predicted octanol–water partition coefficient (Wildman–Crippen LogP) is 21.1. The van der Waals surface area contributed by atoms with E-state index in [1.165, 1.54) is 77.0 Å². The van der Waals surface area contributed by atoms with Crippen LogP contribution in [0.3, 0.4) is 0 Å². The number of unbranched alkanes of at least 4 members (excludes halogenated alkanes) is 14. The third-order valence-electron chi connectivity index (χ3n) is 12.2. The summed E-state index contributed by atoms with van der Waals surface area (Å²) in [5, 5.41) is 0. The summed E-state index contributed by atoms with van der Waals surface area (Å²) >= 11 is 0. The average molecular weight is 1060 g/mol.